The molecule has 1 atom stereocenters. The van der Waals surface area contributed by atoms with E-state index in [4.69, 9.17) is 5.73 Å². The van der Waals surface area contributed by atoms with E-state index in [0.29, 0.717) is 23.9 Å². The average molecular weight is 262 g/mol. The molecule has 0 saturated carbocycles. The van der Waals surface area contributed by atoms with Crippen LogP contribution in [0.4, 0.5) is 4.39 Å². The number of hydrogen-bond acceptors (Lipinski definition) is 4. The Bertz CT molecular complexity index is 611. The lowest BCUT2D eigenvalue weighted by molar-refractivity contribution is 0.391. The maximum absolute atomic E-state index is 13.0. The molecule has 1 aliphatic heterocycles. The van der Waals surface area contributed by atoms with Crippen LogP contribution in [0.25, 0.3) is 11.4 Å². The van der Waals surface area contributed by atoms with Crippen LogP contribution < -0.4 is 5.73 Å². The molecule has 19 heavy (non-hydrogen) atoms. The summed E-state index contributed by atoms with van der Waals surface area (Å²) in [5.41, 5.74) is 6.19. The zero-order valence-corrected chi connectivity index (χ0v) is 10.4. The van der Waals surface area contributed by atoms with Gasteiger partial charge in [-0.2, -0.15) is 0 Å². The Morgan fingerprint density at radius 3 is 3.00 bits per heavy atom. The van der Waals surface area contributed by atoms with Gasteiger partial charge in [0.15, 0.2) is 5.82 Å². The largest absolute Gasteiger partial charge is 0.507 e. The van der Waals surface area contributed by atoms with Crippen LogP contribution in [0.5, 0.6) is 5.75 Å². The van der Waals surface area contributed by atoms with Crippen LogP contribution in [0, 0.1) is 11.7 Å². The molecule has 2 heterocycles. The number of rotatable bonds is 2. The van der Waals surface area contributed by atoms with Crippen molar-refractivity contribution in [3.8, 4) is 17.1 Å². The van der Waals surface area contributed by atoms with Crippen molar-refractivity contribution in [1.29, 1.82) is 0 Å². The summed E-state index contributed by atoms with van der Waals surface area (Å²) in [4.78, 5) is 0. The standard InChI is InChI=1S/C13H15FN4O/c14-9-1-2-10(11(19)6-9)13-17-16-12-5-8(7-15)3-4-18(12)13/h1-2,6,8,19H,3-5,7,15H2. The van der Waals surface area contributed by atoms with E-state index in [0.717, 1.165) is 31.3 Å². The molecule has 3 N–H and O–H groups in total. The fraction of sp³-hybridized carbons (Fsp3) is 0.385. The van der Waals surface area contributed by atoms with Gasteiger partial charge in [-0.05, 0) is 31.0 Å². The molecule has 6 heteroatoms. The van der Waals surface area contributed by atoms with Crippen LogP contribution in [-0.2, 0) is 13.0 Å². The second-order valence-electron chi connectivity index (χ2n) is 4.85. The molecule has 3 rings (SSSR count). The maximum Gasteiger partial charge on any atom is 0.167 e. The Morgan fingerprint density at radius 2 is 2.26 bits per heavy atom. The molecule has 0 radical (unpaired) electrons. The summed E-state index contributed by atoms with van der Waals surface area (Å²) < 4.78 is 15.0. The van der Waals surface area contributed by atoms with Crippen molar-refractivity contribution in [2.24, 2.45) is 11.7 Å². The lowest BCUT2D eigenvalue weighted by atomic mass is 9.98. The van der Waals surface area contributed by atoms with E-state index in [2.05, 4.69) is 10.2 Å². The molecule has 100 valence electrons. The van der Waals surface area contributed by atoms with Gasteiger partial charge >= 0.3 is 0 Å². The average Bonchev–Trinajstić information content (AvgIpc) is 2.81. The first-order valence-electron chi connectivity index (χ1n) is 6.30. The minimum absolute atomic E-state index is 0.115. The smallest absolute Gasteiger partial charge is 0.167 e. The Hall–Kier alpha value is -1.95. The highest BCUT2D eigenvalue weighted by Crippen LogP contribution is 2.31. The fourth-order valence-corrected chi connectivity index (χ4v) is 2.49. The predicted molar refractivity (Wildman–Crippen MR) is 67.9 cm³/mol. The number of hydrogen-bond donors (Lipinski definition) is 2. The molecule has 2 aromatic rings. The number of fused-ring (bicyclic) bond motifs is 1. The minimum atomic E-state index is -0.470. The lowest BCUT2D eigenvalue weighted by Crippen LogP contribution is -2.25. The van der Waals surface area contributed by atoms with Gasteiger partial charge in [0, 0.05) is 19.0 Å². The number of halogens is 1. The van der Waals surface area contributed by atoms with Crippen LogP contribution >= 0.6 is 0 Å². The van der Waals surface area contributed by atoms with Crippen molar-refractivity contribution >= 4 is 0 Å². The molecule has 0 saturated heterocycles. The van der Waals surface area contributed by atoms with Crippen molar-refractivity contribution in [1.82, 2.24) is 14.8 Å². The molecule has 1 aromatic carbocycles. The fourth-order valence-electron chi connectivity index (χ4n) is 2.49. The van der Waals surface area contributed by atoms with E-state index in [1.807, 2.05) is 4.57 Å². The Labute approximate surface area is 109 Å². The number of benzene rings is 1. The summed E-state index contributed by atoms with van der Waals surface area (Å²) in [6, 6.07) is 3.92. The van der Waals surface area contributed by atoms with Gasteiger partial charge in [-0.1, -0.05) is 0 Å². The first kappa shape index (κ1) is 12.1. The maximum atomic E-state index is 13.0. The monoisotopic (exact) mass is 262 g/mol. The minimum Gasteiger partial charge on any atom is -0.507 e. The van der Waals surface area contributed by atoms with Gasteiger partial charge < -0.3 is 15.4 Å². The van der Waals surface area contributed by atoms with Gasteiger partial charge in [0.25, 0.3) is 0 Å². The molecule has 1 aromatic heterocycles. The highest BCUT2D eigenvalue weighted by molar-refractivity contribution is 5.64. The van der Waals surface area contributed by atoms with Crippen LogP contribution in [0.2, 0.25) is 0 Å². The third kappa shape index (κ3) is 2.08. The van der Waals surface area contributed by atoms with E-state index in [1.54, 1.807) is 0 Å². The van der Waals surface area contributed by atoms with Crippen LogP contribution in [0.1, 0.15) is 12.2 Å². The summed E-state index contributed by atoms with van der Waals surface area (Å²) in [5, 5.41) is 18.1. The summed E-state index contributed by atoms with van der Waals surface area (Å²) >= 11 is 0. The van der Waals surface area contributed by atoms with Gasteiger partial charge in [0.1, 0.15) is 17.4 Å². The van der Waals surface area contributed by atoms with Crippen LogP contribution in [0.3, 0.4) is 0 Å². The van der Waals surface area contributed by atoms with E-state index in [9.17, 15) is 9.50 Å². The number of nitrogens with zero attached hydrogens (tertiary/aromatic N) is 3. The molecular formula is C13H15FN4O. The van der Waals surface area contributed by atoms with Gasteiger partial charge in [-0.3, -0.25) is 0 Å². The van der Waals surface area contributed by atoms with Gasteiger partial charge in [0.05, 0.1) is 5.56 Å². The van der Waals surface area contributed by atoms with Gasteiger partial charge in [0.2, 0.25) is 0 Å². The predicted octanol–water partition coefficient (Wildman–Crippen LogP) is 1.31. The highest BCUT2D eigenvalue weighted by atomic mass is 19.1. The van der Waals surface area contributed by atoms with Crippen molar-refractivity contribution in [3.63, 3.8) is 0 Å². The molecule has 0 bridgehead atoms. The third-order valence-corrected chi connectivity index (χ3v) is 3.59. The third-order valence-electron chi connectivity index (χ3n) is 3.59. The van der Waals surface area contributed by atoms with Crippen molar-refractivity contribution < 1.29 is 9.50 Å². The second kappa shape index (κ2) is 4.62. The van der Waals surface area contributed by atoms with E-state index < -0.39 is 5.82 Å². The summed E-state index contributed by atoms with van der Waals surface area (Å²) in [7, 11) is 0. The summed E-state index contributed by atoms with van der Waals surface area (Å²) in [6.45, 7) is 1.42. The molecule has 0 fully saturated rings. The first-order chi connectivity index (χ1) is 9.19. The quantitative estimate of drug-likeness (QED) is 0.855. The number of aromatic hydroxyl groups is 1. The van der Waals surface area contributed by atoms with Crippen molar-refractivity contribution in [2.45, 2.75) is 19.4 Å². The van der Waals surface area contributed by atoms with Crippen LogP contribution in [0.15, 0.2) is 18.2 Å². The number of phenols is 1. The molecule has 1 aliphatic rings. The molecular weight excluding hydrogens is 247 g/mol. The number of phenolic OH excluding ortho intramolecular Hbond substituents is 1. The molecule has 0 aliphatic carbocycles. The van der Waals surface area contributed by atoms with Gasteiger partial charge in [-0.15, -0.1) is 10.2 Å². The van der Waals surface area contributed by atoms with Crippen LogP contribution in [-0.4, -0.2) is 26.4 Å². The first-order valence-corrected chi connectivity index (χ1v) is 6.30. The Kier molecular flexibility index (Phi) is 2.94. The molecule has 1 unspecified atom stereocenters. The van der Waals surface area contributed by atoms with E-state index >= 15 is 0 Å². The molecule has 0 amide bonds. The Morgan fingerprint density at radius 1 is 1.42 bits per heavy atom. The van der Waals surface area contributed by atoms with Gasteiger partial charge in [-0.25, -0.2) is 4.39 Å². The van der Waals surface area contributed by atoms with Crippen molar-refractivity contribution in [2.75, 3.05) is 6.54 Å². The lowest BCUT2D eigenvalue weighted by Gasteiger charge is -2.22. The molecule has 0 spiro atoms. The molecule has 5 nitrogen and oxygen atoms in total. The summed E-state index contributed by atoms with van der Waals surface area (Å²) in [6.07, 6.45) is 1.77. The zero-order valence-electron chi connectivity index (χ0n) is 10.4. The van der Waals surface area contributed by atoms with E-state index in [-0.39, 0.29) is 5.75 Å². The second-order valence-corrected chi connectivity index (χ2v) is 4.85. The van der Waals surface area contributed by atoms with E-state index in [1.165, 1.54) is 12.1 Å². The normalized spacial score (nSPS) is 18.3. The zero-order chi connectivity index (χ0) is 13.4. The Balaban J connectivity index is 2.01. The van der Waals surface area contributed by atoms with Crippen molar-refractivity contribution in [3.05, 3.63) is 29.8 Å². The summed E-state index contributed by atoms with van der Waals surface area (Å²) in [5.74, 6) is 1.31. The SMILES string of the molecule is NCC1CCn2c(nnc2-c2ccc(F)cc2O)C1. The topological polar surface area (TPSA) is 77.0 Å². The number of nitrogens with two attached hydrogens (primary N) is 1. The highest BCUT2D eigenvalue weighted by Gasteiger charge is 2.23. The number of aromatic nitrogens is 3.